The van der Waals surface area contributed by atoms with Crippen LogP contribution in [0.3, 0.4) is 0 Å². The van der Waals surface area contributed by atoms with Crippen molar-refractivity contribution in [2.24, 2.45) is 0 Å². The predicted molar refractivity (Wildman–Crippen MR) is 77.7 cm³/mol. The molecule has 1 aromatic heterocycles. The maximum absolute atomic E-state index is 5.88. The van der Waals surface area contributed by atoms with Crippen LogP contribution in [0.5, 0.6) is 5.88 Å². The summed E-state index contributed by atoms with van der Waals surface area (Å²) in [5.74, 6) is 0.517. The SMILES string of the molecule is Clc1ccc(COc2cccc(Cl)n2)c(I)c1. The number of aromatic nitrogens is 1. The molecule has 2 nitrogen and oxygen atoms in total. The fourth-order valence-corrected chi connectivity index (χ4v) is 2.44. The molecule has 1 heterocycles. The molecule has 0 saturated heterocycles. The number of ether oxygens (including phenoxy) is 1. The van der Waals surface area contributed by atoms with Crippen molar-refractivity contribution in [3.05, 3.63) is 55.7 Å². The third-order valence-electron chi connectivity index (χ3n) is 2.08. The molecule has 0 aliphatic rings. The Morgan fingerprint density at radius 1 is 1.18 bits per heavy atom. The first-order chi connectivity index (χ1) is 8.15. The molecule has 0 radical (unpaired) electrons. The molecule has 1 aromatic carbocycles. The number of nitrogens with zero attached hydrogens (tertiary/aromatic N) is 1. The number of benzene rings is 1. The van der Waals surface area contributed by atoms with E-state index < -0.39 is 0 Å². The Hall–Kier alpha value is -0.520. The van der Waals surface area contributed by atoms with Gasteiger partial charge in [-0.3, -0.25) is 0 Å². The molecule has 0 bridgehead atoms. The monoisotopic (exact) mass is 379 g/mol. The summed E-state index contributed by atoms with van der Waals surface area (Å²) < 4.78 is 6.62. The Bertz CT molecular complexity index is 534. The molecule has 0 aliphatic carbocycles. The second-order valence-electron chi connectivity index (χ2n) is 3.32. The molecule has 0 spiro atoms. The summed E-state index contributed by atoms with van der Waals surface area (Å²) in [5.41, 5.74) is 1.07. The van der Waals surface area contributed by atoms with E-state index in [1.807, 2.05) is 18.2 Å². The molecular weight excluding hydrogens is 372 g/mol. The lowest BCUT2D eigenvalue weighted by atomic mass is 10.2. The molecule has 2 aromatic rings. The van der Waals surface area contributed by atoms with Crippen LogP contribution in [0.2, 0.25) is 10.2 Å². The maximum atomic E-state index is 5.88. The smallest absolute Gasteiger partial charge is 0.214 e. The summed E-state index contributed by atoms with van der Waals surface area (Å²) in [6.45, 7) is 0.447. The van der Waals surface area contributed by atoms with E-state index in [0.717, 1.165) is 14.2 Å². The molecule has 0 atom stereocenters. The van der Waals surface area contributed by atoms with E-state index in [4.69, 9.17) is 27.9 Å². The van der Waals surface area contributed by atoms with Crippen molar-refractivity contribution in [3.63, 3.8) is 0 Å². The molecule has 0 unspecified atom stereocenters. The number of hydrogen-bond acceptors (Lipinski definition) is 2. The lowest BCUT2D eigenvalue weighted by Crippen LogP contribution is -1.99. The molecule has 0 amide bonds. The first-order valence-electron chi connectivity index (χ1n) is 4.84. The summed E-state index contributed by atoms with van der Waals surface area (Å²) in [5, 5.41) is 1.15. The van der Waals surface area contributed by atoms with Gasteiger partial charge < -0.3 is 4.74 Å². The van der Waals surface area contributed by atoms with E-state index in [-0.39, 0.29) is 0 Å². The fraction of sp³-hybridized carbons (Fsp3) is 0.0833. The van der Waals surface area contributed by atoms with Gasteiger partial charge in [-0.1, -0.05) is 35.3 Å². The van der Waals surface area contributed by atoms with Crippen molar-refractivity contribution in [2.45, 2.75) is 6.61 Å². The Balaban J connectivity index is 2.07. The molecule has 2 rings (SSSR count). The van der Waals surface area contributed by atoms with Crippen molar-refractivity contribution in [3.8, 4) is 5.88 Å². The summed E-state index contributed by atoms with van der Waals surface area (Å²) >= 11 is 13.9. The molecule has 0 saturated carbocycles. The van der Waals surface area contributed by atoms with Gasteiger partial charge in [-0.2, -0.15) is 0 Å². The molecule has 88 valence electrons. The lowest BCUT2D eigenvalue weighted by Gasteiger charge is -2.07. The second kappa shape index (κ2) is 5.89. The van der Waals surface area contributed by atoms with E-state index in [1.165, 1.54) is 0 Å². The average Bonchev–Trinajstić information content (AvgIpc) is 2.28. The number of hydrogen-bond donors (Lipinski definition) is 0. The maximum Gasteiger partial charge on any atom is 0.214 e. The van der Waals surface area contributed by atoms with E-state index in [2.05, 4.69) is 27.6 Å². The highest BCUT2D eigenvalue weighted by Gasteiger charge is 2.03. The van der Waals surface area contributed by atoms with Crippen LogP contribution in [0.15, 0.2) is 36.4 Å². The fourth-order valence-electron chi connectivity index (χ4n) is 1.26. The summed E-state index contributed by atoms with van der Waals surface area (Å²) in [4.78, 5) is 4.05. The van der Waals surface area contributed by atoms with Gasteiger partial charge in [0.2, 0.25) is 5.88 Å². The minimum atomic E-state index is 0.424. The molecular formula is C12H8Cl2INO. The minimum Gasteiger partial charge on any atom is -0.473 e. The highest BCUT2D eigenvalue weighted by atomic mass is 127. The van der Waals surface area contributed by atoms with Crippen LogP contribution in [0.25, 0.3) is 0 Å². The summed E-state index contributed by atoms with van der Waals surface area (Å²) in [6, 6.07) is 11.0. The van der Waals surface area contributed by atoms with Crippen molar-refractivity contribution in [2.75, 3.05) is 0 Å². The standard InChI is InChI=1S/C12H8Cl2INO/c13-9-5-4-8(10(15)6-9)7-17-12-3-1-2-11(14)16-12/h1-6H,7H2. The van der Waals surface area contributed by atoms with Crippen LogP contribution >= 0.6 is 45.8 Å². The van der Waals surface area contributed by atoms with Gasteiger partial charge in [-0.25, -0.2) is 4.98 Å². The zero-order valence-corrected chi connectivity index (χ0v) is 12.3. The highest BCUT2D eigenvalue weighted by Crippen LogP contribution is 2.20. The van der Waals surface area contributed by atoms with Gasteiger partial charge in [0, 0.05) is 20.2 Å². The Morgan fingerprint density at radius 2 is 2.00 bits per heavy atom. The normalized spacial score (nSPS) is 10.3. The Labute approximate surface area is 123 Å². The number of pyridine rings is 1. The third-order valence-corrected chi connectivity index (χ3v) is 3.53. The van der Waals surface area contributed by atoms with Crippen molar-refractivity contribution >= 4 is 45.8 Å². The molecule has 0 aliphatic heterocycles. The van der Waals surface area contributed by atoms with Crippen LogP contribution in [-0.4, -0.2) is 4.98 Å². The van der Waals surface area contributed by atoms with E-state index in [1.54, 1.807) is 18.2 Å². The zero-order chi connectivity index (χ0) is 12.3. The number of rotatable bonds is 3. The van der Waals surface area contributed by atoms with Crippen LogP contribution in [0.1, 0.15) is 5.56 Å². The van der Waals surface area contributed by atoms with Gasteiger partial charge in [-0.15, -0.1) is 0 Å². The van der Waals surface area contributed by atoms with Crippen LogP contribution in [0, 0.1) is 3.57 Å². The second-order valence-corrected chi connectivity index (χ2v) is 5.31. The van der Waals surface area contributed by atoms with Gasteiger partial charge >= 0.3 is 0 Å². The van der Waals surface area contributed by atoms with Crippen molar-refractivity contribution in [1.29, 1.82) is 0 Å². The predicted octanol–water partition coefficient (Wildman–Crippen LogP) is 4.57. The lowest BCUT2D eigenvalue weighted by molar-refractivity contribution is 0.293. The topological polar surface area (TPSA) is 22.1 Å². The van der Waals surface area contributed by atoms with Crippen LogP contribution in [-0.2, 0) is 6.61 Å². The minimum absolute atomic E-state index is 0.424. The molecule has 0 N–H and O–H groups in total. The van der Waals surface area contributed by atoms with Gasteiger partial charge in [0.15, 0.2) is 0 Å². The first-order valence-corrected chi connectivity index (χ1v) is 6.68. The molecule has 17 heavy (non-hydrogen) atoms. The Kier molecular flexibility index (Phi) is 4.48. The highest BCUT2D eigenvalue weighted by molar-refractivity contribution is 14.1. The Morgan fingerprint density at radius 3 is 2.71 bits per heavy atom. The quantitative estimate of drug-likeness (QED) is 0.575. The molecule has 0 fully saturated rings. The summed E-state index contributed by atoms with van der Waals surface area (Å²) in [6.07, 6.45) is 0. The van der Waals surface area contributed by atoms with Gasteiger partial charge in [-0.05, 0) is 40.8 Å². The van der Waals surface area contributed by atoms with Crippen LogP contribution < -0.4 is 4.74 Å². The third kappa shape index (κ3) is 3.72. The van der Waals surface area contributed by atoms with E-state index in [0.29, 0.717) is 17.6 Å². The largest absolute Gasteiger partial charge is 0.473 e. The van der Waals surface area contributed by atoms with E-state index in [9.17, 15) is 0 Å². The number of halogens is 3. The average molecular weight is 380 g/mol. The van der Waals surface area contributed by atoms with Gasteiger partial charge in [0.05, 0.1) is 0 Å². The van der Waals surface area contributed by atoms with Crippen molar-refractivity contribution in [1.82, 2.24) is 4.98 Å². The molecule has 5 heteroatoms. The van der Waals surface area contributed by atoms with E-state index >= 15 is 0 Å². The van der Waals surface area contributed by atoms with Gasteiger partial charge in [0.1, 0.15) is 11.8 Å². The zero-order valence-electron chi connectivity index (χ0n) is 8.66. The van der Waals surface area contributed by atoms with Crippen molar-refractivity contribution < 1.29 is 4.74 Å². The first kappa shape index (κ1) is 12.9. The van der Waals surface area contributed by atoms with Crippen LogP contribution in [0.4, 0.5) is 0 Å². The summed E-state index contributed by atoms with van der Waals surface area (Å²) in [7, 11) is 0. The van der Waals surface area contributed by atoms with Gasteiger partial charge in [0.25, 0.3) is 0 Å².